The first kappa shape index (κ1) is 44.0. The summed E-state index contributed by atoms with van der Waals surface area (Å²) in [6, 6.07) is 15.9. The summed E-state index contributed by atoms with van der Waals surface area (Å²) in [6.45, 7) is 22.1. The van der Waals surface area contributed by atoms with Gasteiger partial charge in [-0.3, -0.25) is 14.5 Å². The lowest BCUT2D eigenvalue weighted by Gasteiger charge is -2.29. The highest BCUT2D eigenvalue weighted by Crippen LogP contribution is 2.25. The third kappa shape index (κ3) is 13.5. The van der Waals surface area contributed by atoms with Crippen LogP contribution in [-0.4, -0.2) is 134 Å². The summed E-state index contributed by atoms with van der Waals surface area (Å²) >= 11 is 0. The van der Waals surface area contributed by atoms with Crippen LogP contribution in [0.3, 0.4) is 0 Å². The minimum atomic E-state index is -0.0936. The van der Waals surface area contributed by atoms with Crippen LogP contribution < -0.4 is 10.6 Å². The summed E-state index contributed by atoms with van der Waals surface area (Å²) in [4.78, 5) is 60.5. The lowest BCUT2D eigenvalue weighted by atomic mass is 9.87. The normalized spacial score (nSPS) is 19.1. The SMILES string of the molecule is CC(C)(C)c1ccc(NC(=O)N2CCCN(C(=O)C3CCOCC3)CC2)cc1.CC(C)(C)c1ccc(NC(=O)N2CCCN(C(=O)CN3CCCCC3)CC2)cc1. The molecule has 6 rings (SSSR count). The first-order valence-corrected chi connectivity index (χ1v) is 21.4. The van der Waals surface area contributed by atoms with E-state index in [1.54, 1.807) is 0 Å². The number of likely N-dealkylation sites (tertiary alicyclic amines) is 1. The van der Waals surface area contributed by atoms with Crippen molar-refractivity contribution in [3.63, 3.8) is 0 Å². The Hall–Kier alpha value is -4.16. The molecule has 6 amide bonds. The third-order valence-electron chi connectivity index (χ3n) is 11.6. The first-order valence-electron chi connectivity index (χ1n) is 21.4. The smallest absolute Gasteiger partial charge is 0.321 e. The van der Waals surface area contributed by atoms with E-state index < -0.39 is 0 Å². The Morgan fingerprint density at radius 2 is 0.965 bits per heavy atom. The topological polar surface area (TPSA) is 118 Å². The van der Waals surface area contributed by atoms with Crippen molar-refractivity contribution in [1.29, 1.82) is 0 Å². The molecule has 314 valence electrons. The molecule has 0 radical (unpaired) electrons. The van der Waals surface area contributed by atoms with E-state index in [1.807, 2.05) is 43.9 Å². The van der Waals surface area contributed by atoms with Crippen molar-refractivity contribution in [2.45, 2.75) is 97.3 Å². The quantitative estimate of drug-likeness (QED) is 0.337. The molecule has 0 aromatic heterocycles. The number of hydrogen-bond donors (Lipinski definition) is 2. The fourth-order valence-corrected chi connectivity index (χ4v) is 7.83. The summed E-state index contributed by atoms with van der Waals surface area (Å²) in [7, 11) is 0. The number of anilines is 2. The van der Waals surface area contributed by atoms with Crippen molar-refractivity contribution in [3.8, 4) is 0 Å². The van der Waals surface area contributed by atoms with Gasteiger partial charge in [0.05, 0.1) is 6.54 Å². The van der Waals surface area contributed by atoms with E-state index in [-0.39, 0.29) is 40.6 Å². The van der Waals surface area contributed by atoms with Crippen molar-refractivity contribution in [2.24, 2.45) is 5.92 Å². The van der Waals surface area contributed by atoms with Crippen LogP contribution in [0.25, 0.3) is 0 Å². The Morgan fingerprint density at radius 3 is 1.44 bits per heavy atom. The summed E-state index contributed by atoms with van der Waals surface area (Å²) < 4.78 is 5.36. The molecule has 4 heterocycles. The van der Waals surface area contributed by atoms with Crippen molar-refractivity contribution < 1.29 is 23.9 Å². The zero-order chi connectivity index (χ0) is 41.0. The number of nitrogens with zero attached hydrogens (tertiary/aromatic N) is 5. The minimum absolute atomic E-state index is 0.0791. The molecule has 4 aliphatic heterocycles. The number of carbonyl (C=O) groups excluding carboxylic acids is 4. The molecule has 4 aliphatic rings. The Bertz CT molecular complexity index is 1610. The second kappa shape index (κ2) is 20.5. The average molecular weight is 788 g/mol. The van der Waals surface area contributed by atoms with Crippen LogP contribution in [-0.2, 0) is 25.2 Å². The highest BCUT2D eigenvalue weighted by Gasteiger charge is 2.29. The Balaban J connectivity index is 0.000000218. The molecule has 12 nitrogen and oxygen atoms in total. The summed E-state index contributed by atoms with van der Waals surface area (Å²) in [5, 5.41) is 6.00. The van der Waals surface area contributed by atoms with Gasteiger partial charge in [-0.25, -0.2) is 9.59 Å². The van der Waals surface area contributed by atoms with Gasteiger partial charge in [0.2, 0.25) is 11.8 Å². The van der Waals surface area contributed by atoms with Crippen LogP contribution in [0.4, 0.5) is 21.0 Å². The van der Waals surface area contributed by atoms with E-state index in [2.05, 4.69) is 81.3 Å². The molecule has 57 heavy (non-hydrogen) atoms. The maximum atomic E-state index is 12.7. The van der Waals surface area contributed by atoms with Crippen molar-refractivity contribution in [2.75, 3.05) is 95.8 Å². The molecule has 12 heteroatoms. The standard InChI is InChI=1S/C23H36N4O2.C22H33N3O3/c1-23(2,3)19-8-10-20(11-9-19)24-22(29)27-15-7-14-26(16-17-27)21(28)18-25-12-5-4-6-13-25;1-22(2,3)18-5-7-19(8-6-18)23-21(27)25-12-4-11-24(13-14-25)20(26)17-9-15-28-16-10-17/h8-11H,4-7,12-18H2,1-3H3,(H,24,29);5-8,17H,4,9-16H2,1-3H3,(H,23,27). The number of carbonyl (C=O) groups is 4. The van der Waals surface area contributed by atoms with Crippen molar-refractivity contribution >= 4 is 35.3 Å². The molecule has 0 aliphatic carbocycles. The van der Waals surface area contributed by atoms with E-state index in [0.29, 0.717) is 59.0 Å². The molecule has 2 aromatic carbocycles. The highest BCUT2D eigenvalue weighted by atomic mass is 16.5. The Morgan fingerprint density at radius 1 is 0.544 bits per heavy atom. The first-order chi connectivity index (χ1) is 27.2. The largest absolute Gasteiger partial charge is 0.381 e. The number of hydrogen-bond acceptors (Lipinski definition) is 6. The van der Waals surface area contributed by atoms with E-state index in [9.17, 15) is 19.2 Å². The van der Waals surface area contributed by atoms with E-state index in [4.69, 9.17) is 4.74 Å². The molecule has 0 saturated carbocycles. The van der Waals surface area contributed by atoms with Gasteiger partial charge in [-0.05, 0) is 97.8 Å². The zero-order valence-electron chi connectivity index (χ0n) is 35.6. The van der Waals surface area contributed by atoms with E-state index >= 15 is 0 Å². The maximum Gasteiger partial charge on any atom is 0.321 e. The van der Waals surface area contributed by atoms with Gasteiger partial charge in [0.25, 0.3) is 0 Å². The van der Waals surface area contributed by atoms with Crippen molar-refractivity contribution in [3.05, 3.63) is 59.7 Å². The number of benzene rings is 2. The monoisotopic (exact) mass is 788 g/mol. The fraction of sp³-hybridized carbons (Fsp3) is 0.644. The zero-order valence-corrected chi connectivity index (χ0v) is 35.6. The van der Waals surface area contributed by atoms with Crippen LogP contribution in [0.15, 0.2) is 48.5 Å². The van der Waals surface area contributed by atoms with E-state index in [1.165, 1.54) is 30.4 Å². The molecular weight excluding hydrogens is 719 g/mol. The molecule has 2 N–H and O–H groups in total. The predicted molar refractivity (Wildman–Crippen MR) is 228 cm³/mol. The summed E-state index contributed by atoms with van der Waals surface area (Å²) in [5.74, 6) is 0.505. The predicted octanol–water partition coefficient (Wildman–Crippen LogP) is 7.01. The van der Waals surface area contributed by atoms with Crippen LogP contribution in [0.5, 0.6) is 0 Å². The van der Waals surface area contributed by atoms with Crippen LogP contribution in [0, 0.1) is 5.92 Å². The lowest BCUT2D eigenvalue weighted by Crippen LogP contribution is -2.44. The molecule has 2 aromatic rings. The number of ether oxygens (including phenoxy) is 1. The van der Waals surface area contributed by atoms with Gasteiger partial charge in [0.15, 0.2) is 0 Å². The number of nitrogens with one attached hydrogen (secondary N) is 2. The lowest BCUT2D eigenvalue weighted by molar-refractivity contribution is -0.138. The highest BCUT2D eigenvalue weighted by molar-refractivity contribution is 5.90. The Kier molecular flexibility index (Phi) is 15.8. The van der Waals surface area contributed by atoms with Gasteiger partial charge in [-0.2, -0.15) is 0 Å². The van der Waals surface area contributed by atoms with Gasteiger partial charge in [0.1, 0.15) is 0 Å². The molecular formula is C45H69N7O5. The van der Waals surface area contributed by atoms with Gasteiger partial charge < -0.3 is 35.0 Å². The summed E-state index contributed by atoms with van der Waals surface area (Å²) in [6.07, 6.45) is 6.91. The maximum absolute atomic E-state index is 12.7. The second-order valence-corrected chi connectivity index (χ2v) is 18.1. The molecule has 4 fully saturated rings. The fourth-order valence-electron chi connectivity index (χ4n) is 7.83. The number of amides is 6. The van der Waals surface area contributed by atoms with Gasteiger partial charge >= 0.3 is 12.1 Å². The summed E-state index contributed by atoms with van der Waals surface area (Å²) in [5.41, 5.74) is 4.28. The van der Waals surface area contributed by atoms with Crippen molar-refractivity contribution in [1.82, 2.24) is 24.5 Å². The van der Waals surface area contributed by atoms with Gasteiger partial charge in [-0.15, -0.1) is 0 Å². The van der Waals surface area contributed by atoms with Crippen LogP contribution >= 0.6 is 0 Å². The third-order valence-corrected chi connectivity index (χ3v) is 11.6. The molecule has 0 bridgehead atoms. The van der Waals surface area contributed by atoms with Gasteiger partial charge in [0, 0.05) is 82.9 Å². The van der Waals surface area contributed by atoms with Gasteiger partial charge in [-0.1, -0.05) is 72.2 Å². The minimum Gasteiger partial charge on any atom is -0.381 e. The van der Waals surface area contributed by atoms with Crippen LogP contribution in [0.2, 0.25) is 0 Å². The molecule has 0 unspecified atom stereocenters. The van der Waals surface area contributed by atoms with E-state index in [0.717, 1.165) is 63.2 Å². The molecule has 4 saturated heterocycles. The van der Waals surface area contributed by atoms with Crippen LogP contribution in [0.1, 0.15) is 97.6 Å². The molecule has 0 atom stereocenters. The Labute approximate surface area is 341 Å². The molecule has 0 spiro atoms. The average Bonchev–Trinajstić information content (AvgIpc) is 3.61. The number of rotatable bonds is 5. The number of piperidine rings is 1. The second-order valence-electron chi connectivity index (χ2n) is 18.1. The number of urea groups is 2.